The number of hydrogen-bond donors (Lipinski definition) is 0. The lowest BCUT2D eigenvalue weighted by atomic mass is 10.2. The van der Waals surface area contributed by atoms with E-state index in [1.165, 1.54) is 22.9 Å². The van der Waals surface area contributed by atoms with E-state index >= 15 is 0 Å². The summed E-state index contributed by atoms with van der Waals surface area (Å²) in [7, 11) is 0. The summed E-state index contributed by atoms with van der Waals surface area (Å²) in [4.78, 5) is 4.01. The summed E-state index contributed by atoms with van der Waals surface area (Å²) in [5.41, 5.74) is 0.0708. The third-order valence-corrected chi connectivity index (χ3v) is 3.97. The molecule has 3 aromatic rings. The maximum absolute atomic E-state index is 14.0. The number of pyridine rings is 1. The van der Waals surface area contributed by atoms with Gasteiger partial charge in [-0.05, 0) is 45.0 Å². The number of halogens is 4. The Morgan fingerprint density at radius 1 is 1.03 bits per heavy atom. The average molecular weight is 409 g/mol. The third kappa shape index (κ3) is 4.33. The minimum atomic E-state index is -3.03. The van der Waals surface area contributed by atoms with E-state index in [1.54, 1.807) is 20.8 Å². The van der Waals surface area contributed by atoms with Crippen molar-refractivity contribution in [3.05, 3.63) is 59.4 Å². The van der Waals surface area contributed by atoms with Crippen LogP contribution in [0.2, 0.25) is 0 Å². The molecule has 0 saturated heterocycles. The first-order valence-corrected chi connectivity index (χ1v) is 8.80. The molecule has 0 spiro atoms. The van der Waals surface area contributed by atoms with Crippen molar-refractivity contribution in [2.45, 2.75) is 39.7 Å². The molecule has 1 aromatic carbocycles. The van der Waals surface area contributed by atoms with Crippen LogP contribution in [-0.2, 0) is 5.92 Å². The molecule has 0 aliphatic rings. The topological polar surface area (TPSA) is 49.2 Å². The molecular weight excluding hydrogens is 390 g/mol. The van der Waals surface area contributed by atoms with Crippen molar-refractivity contribution in [3.8, 4) is 23.2 Å². The van der Waals surface area contributed by atoms with E-state index in [2.05, 4.69) is 10.1 Å². The van der Waals surface area contributed by atoms with Crippen LogP contribution in [0.15, 0.2) is 36.5 Å². The van der Waals surface area contributed by atoms with Crippen LogP contribution in [0.1, 0.15) is 32.0 Å². The van der Waals surface area contributed by atoms with Crippen molar-refractivity contribution < 1.29 is 27.0 Å². The molecule has 29 heavy (non-hydrogen) atoms. The van der Waals surface area contributed by atoms with Gasteiger partial charge in [-0.3, -0.25) is 0 Å². The second-order valence-corrected chi connectivity index (χ2v) is 6.74. The maximum Gasteiger partial charge on any atom is 0.277 e. The van der Waals surface area contributed by atoms with Crippen LogP contribution >= 0.6 is 0 Å². The molecule has 154 valence electrons. The summed E-state index contributed by atoms with van der Waals surface area (Å²) < 4.78 is 67.3. The zero-order valence-corrected chi connectivity index (χ0v) is 16.2. The summed E-state index contributed by atoms with van der Waals surface area (Å²) in [5.74, 6) is -5.21. The molecule has 0 aliphatic carbocycles. The first-order chi connectivity index (χ1) is 13.6. The highest BCUT2D eigenvalue weighted by atomic mass is 19.3. The van der Waals surface area contributed by atoms with E-state index in [9.17, 15) is 17.6 Å². The smallest absolute Gasteiger partial charge is 0.277 e. The lowest BCUT2D eigenvalue weighted by Gasteiger charge is -2.11. The summed E-state index contributed by atoms with van der Waals surface area (Å²) in [6, 6.07) is 5.93. The Morgan fingerprint density at radius 3 is 2.21 bits per heavy atom. The van der Waals surface area contributed by atoms with Gasteiger partial charge in [0.15, 0.2) is 23.2 Å². The van der Waals surface area contributed by atoms with Gasteiger partial charge in [-0.1, -0.05) is 6.07 Å². The minimum Gasteiger partial charge on any atom is -0.471 e. The molecule has 0 radical (unpaired) electrons. The van der Waals surface area contributed by atoms with Crippen LogP contribution in [0.25, 0.3) is 5.82 Å². The van der Waals surface area contributed by atoms with Crippen LogP contribution < -0.4 is 9.47 Å². The Labute approximate surface area is 164 Å². The number of hydrogen-bond acceptors (Lipinski definition) is 4. The molecule has 0 unspecified atom stereocenters. The van der Waals surface area contributed by atoms with Crippen molar-refractivity contribution in [2.24, 2.45) is 0 Å². The Kier molecular flexibility index (Phi) is 5.50. The number of para-hydroxylation sites is 1. The van der Waals surface area contributed by atoms with Gasteiger partial charge in [0.2, 0.25) is 5.75 Å². The van der Waals surface area contributed by atoms with Crippen molar-refractivity contribution in [3.63, 3.8) is 0 Å². The molecular formula is C20H19F4N3O2. The molecule has 0 aliphatic heterocycles. The molecule has 3 rings (SSSR count). The van der Waals surface area contributed by atoms with Crippen LogP contribution in [0, 0.1) is 18.6 Å². The standard InChI is InChI=1S/C20H19F4N3O2/c1-11(2)28-19-17(29-18-14(21)6-5-7-15(18)22)12(3)27(26-19)16-9-8-13(10-25-16)20(4,23)24/h5-11H,1-4H3. The van der Waals surface area contributed by atoms with E-state index in [1.807, 2.05) is 0 Å². The number of ether oxygens (including phenoxy) is 2. The van der Waals surface area contributed by atoms with Crippen LogP contribution in [0.3, 0.4) is 0 Å². The van der Waals surface area contributed by atoms with E-state index in [0.717, 1.165) is 25.3 Å². The lowest BCUT2D eigenvalue weighted by Crippen LogP contribution is -2.09. The Morgan fingerprint density at radius 2 is 1.69 bits per heavy atom. The lowest BCUT2D eigenvalue weighted by molar-refractivity contribution is 0.0171. The normalized spacial score (nSPS) is 11.8. The van der Waals surface area contributed by atoms with Gasteiger partial charge in [0.1, 0.15) is 0 Å². The second-order valence-electron chi connectivity index (χ2n) is 6.74. The number of nitrogens with zero attached hydrogens (tertiary/aromatic N) is 3. The first-order valence-electron chi connectivity index (χ1n) is 8.80. The highest BCUT2D eigenvalue weighted by Crippen LogP contribution is 2.38. The summed E-state index contributed by atoms with van der Waals surface area (Å²) >= 11 is 0. The molecule has 5 nitrogen and oxygen atoms in total. The van der Waals surface area contributed by atoms with Gasteiger partial charge in [-0.25, -0.2) is 27.2 Å². The van der Waals surface area contributed by atoms with Crippen molar-refractivity contribution in [2.75, 3.05) is 0 Å². The average Bonchev–Trinajstić information content (AvgIpc) is 2.93. The number of alkyl halides is 2. The summed E-state index contributed by atoms with van der Waals surface area (Å²) in [6.45, 7) is 5.85. The zero-order valence-electron chi connectivity index (χ0n) is 16.2. The Balaban J connectivity index is 2.06. The van der Waals surface area contributed by atoms with E-state index in [4.69, 9.17) is 9.47 Å². The largest absolute Gasteiger partial charge is 0.471 e. The van der Waals surface area contributed by atoms with Gasteiger partial charge in [0, 0.05) is 18.7 Å². The van der Waals surface area contributed by atoms with Gasteiger partial charge in [0.25, 0.3) is 11.8 Å². The van der Waals surface area contributed by atoms with Crippen molar-refractivity contribution in [1.82, 2.24) is 14.8 Å². The molecule has 2 aromatic heterocycles. The fourth-order valence-electron chi connectivity index (χ4n) is 2.56. The zero-order chi connectivity index (χ0) is 21.3. The van der Waals surface area contributed by atoms with Crippen molar-refractivity contribution in [1.29, 1.82) is 0 Å². The molecule has 2 heterocycles. The number of benzene rings is 1. The van der Waals surface area contributed by atoms with E-state index in [-0.39, 0.29) is 29.1 Å². The third-order valence-electron chi connectivity index (χ3n) is 3.97. The predicted octanol–water partition coefficient (Wildman–Crippen LogP) is 5.55. The van der Waals surface area contributed by atoms with Gasteiger partial charge < -0.3 is 9.47 Å². The van der Waals surface area contributed by atoms with E-state index in [0.29, 0.717) is 5.69 Å². The Bertz CT molecular complexity index is 992. The highest BCUT2D eigenvalue weighted by Gasteiger charge is 2.26. The van der Waals surface area contributed by atoms with Crippen LogP contribution in [-0.4, -0.2) is 20.9 Å². The molecule has 0 atom stereocenters. The Hall–Kier alpha value is -3.10. The number of aromatic nitrogens is 3. The van der Waals surface area contributed by atoms with Crippen molar-refractivity contribution >= 4 is 0 Å². The second kappa shape index (κ2) is 7.73. The molecule has 0 fully saturated rings. The highest BCUT2D eigenvalue weighted by molar-refractivity contribution is 5.46. The molecule has 9 heteroatoms. The fraction of sp³-hybridized carbons (Fsp3) is 0.300. The van der Waals surface area contributed by atoms with Crippen LogP contribution in [0.4, 0.5) is 17.6 Å². The van der Waals surface area contributed by atoms with Gasteiger partial charge >= 0.3 is 0 Å². The van der Waals surface area contributed by atoms with Gasteiger partial charge in [-0.15, -0.1) is 5.10 Å². The monoisotopic (exact) mass is 409 g/mol. The van der Waals surface area contributed by atoms with E-state index < -0.39 is 23.3 Å². The molecule has 0 saturated carbocycles. The molecule has 0 amide bonds. The molecule has 0 N–H and O–H groups in total. The predicted molar refractivity (Wildman–Crippen MR) is 97.9 cm³/mol. The SMILES string of the molecule is Cc1c(Oc2c(F)cccc2F)c(OC(C)C)nn1-c1ccc(C(C)(F)F)cn1. The fourth-order valence-corrected chi connectivity index (χ4v) is 2.56. The maximum atomic E-state index is 14.0. The quantitative estimate of drug-likeness (QED) is 0.501. The van der Waals surface area contributed by atoms with Crippen LogP contribution in [0.5, 0.6) is 17.4 Å². The van der Waals surface area contributed by atoms with Gasteiger partial charge in [-0.2, -0.15) is 0 Å². The van der Waals surface area contributed by atoms with Gasteiger partial charge in [0.05, 0.1) is 11.8 Å². The minimum absolute atomic E-state index is 0.00519. The summed E-state index contributed by atoms with van der Waals surface area (Å²) in [5, 5.41) is 4.24. The molecule has 0 bridgehead atoms. The first kappa shape index (κ1) is 20.6. The summed E-state index contributed by atoms with van der Waals surface area (Å²) in [6.07, 6.45) is 0.732. The number of rotatable bonds is 6.